The molecule has 0 saturated heterocycles. The summed E-state index contributed by atoms with van der Waals surface area (Å²) < 4.78 is 7.51. The van der Waals surface area contributed by atoms with Crippen molar-refractivity contribution in [1.82, 2.24) is 9.78 Å². The lowest BCUT2D eigenvalue weighted by atomic mass is 10.1. The highest BCUT2D eigenvalue weighted by Crippen LogP contribution is 2.24. The molecule has 1 aromatic rings. The lowest BCUT2D eigenvalue weighted by molar-refractivity contribution is -0.118. The fraction of sp³-hybridized carbons (Fsp3) is 0.773. The van der Waals surface area contributed by atoms with E-state index in [9.17, 15) is 14.7 Å². The topological polar surface area (TPSA) is 81.4 Å². The second-order valence-electron chi connectivity index (χ2n) is 9.44. The fourth-order valence-corrected chi connectivity index (χ4v) is 4.54. The molecule has 0 bridgehead atoms. The minimum atomic E-state index is -1.09. The zero-order valence-corrected chi connectivity index (χ0v) is 19.5. The Balaban J connectivity index is 0.000000313. The normalized spacial score (nSPS) is 17.6. The molecule has 29 heavy (non-hydrogen) atoms. The number of ether oxygens (including phenoxy) is 1. The number of hydrogen-bond donors (Lipinski definition) is 1. The number of nitrogens with zero attached hydrogens (tertiary/aromatic N) is 2. The van der Waals surface area contributed by atoms with E-state index in [1.165, 1.54) is 12.8 Å². The summed E-state index contributed by atoms with van der Waals surface area (Å²) in [6.45, 7) is 8.06. The second kappa shape index (κ2) is 11.6. The molecule has 1 heterocycles. The number of carbonyl (C=O) groups excluding carboxylic acids is 1. The molecule has 1 aromatic heterocycles. The van der Waals surface area contributed by atoms with Gasteiger partial charge in [0.15, 0.2) is 5.69 Å². The van der Waals surface area contributed by atoms with Crippen LogP contribution in [0.1, 0.15) is 79.5 Å². The lowest BCUT2D eigenvalue weighted by Gasteiger charge is -2.15. The summed E-state index contributed by atoms with van der Waals surface area (Å²) >= 11 is 0. The molecule has 0 aliphatic heterocycles. The van der Waals surface area contributed by atoms with E-state index in [0.717, 1.165) is 81.7 Å². The van der Waals surface area contributed by atoms with Crippen LogP contribution in [0.15, 0.2) is 0 Å². The zero-order valence-electron chi connectivity index (χ0n) is 18.5. The number of hydrogen-bond acceptors (Lipinski definition) is 4. The van der Waals surface area contributed by atoms with Crippen LogP contribution >= 0.6 is 0 Å². The van der Waals surface area contributed by atoms with E-state index in [1.807, 2.05) is 0 Å². The molecule has 164 valence electrons. The largest absolute Gasteiger partial charge is 0.476 e. The highest BCUT2D eigenvalue weighted by Gasteiger charge is 2.23. The highest BCUT2D eigenvalue weighted by molar-refractivity contribution is 6.76. The zero-order chi connectivity index (χ0) is 21.3. The molecule has 0 radical (unpaired) electrons. The molecule has 2 aliphatic carbocycles. The van der Waals surface area contributed by atoms with Crippen LogP contribution < -0.4 is 0 Å². The number of carbonyl (C=O) groups is 2. The van der Waals surface area contributed by atoms with Gasteiger partial charge in [0.25, 0.3) is 0 Å². The molecule has 1 N–H and O–H groups in total. The van der Waals surface area contributed by atoms with Gasteiger partial charge in [-0.2, -0.15) is 5.10 Å². The number of aromatic nitrogens is 2. The van der Waals surface area contributed by atoms with Crippen molar-refractivity contribution in [3.05, 3.63) is 17.0 Å². The summed E-state index contributed by atoms with van der Waals surface area (Å²) in [5, 5.41) is 13.6. The molecule has 0 aromatic carbocycles. The summed E-state index contributed by atoms with van der Waals surface area (Å²) in [6.07, 6.45) is 11.6. The number of aromatic carboxylic acids is 1. The first-order valence-electron chi connectivity index (χ1n) is 11.2. The molecule has 0 spiro atoms. The molecule has 6 nitrogen and oxygen atoms in total. The number of carboxylic acid groups (broad SMARTS) is 1. The fourth-order valence-electron chi connectivity index (χ4n) is 3.78. The number of rotatable bonds is 6. The molecule has 2 aliphatic rings. The maximum atomic E-state index is 11.3. The smallest absolute Gasteiger partial charge is 0.356 e. The molecule has 3 rings (SSSR count). The Labute approximate surface area is 176 Å². The summed E-state index contributed by atoms with van der Waals surface area (Å²) in [5.41, 5.74) is 2.22. The summed E-state index contributed by atoms with van der Waals surface area (Å²) in [6, 6.07) is 1.11. The van der Waals surface area contributed by atoms with Crippen molar-refractivity contribution >= 4 is 19.8 Å². The van der Waals surface area contributed by atoms with Gasteiger partial charge in [-0.15, -0.1) is 0 Å². The van der Waals surface area contributed by atoms with Crippen LogP contribution in [0, 0.1) is 0 Å². The van der Waals surface area contributed by atoms with Crippen molar-refractivity contribution in [3.63, 3.8) is 0 Å². The third-order valence-electron chi connectivity index (χ3n) is 5.58. The quantitative estimate of drug-likeness (QED) is 0.299. The third kappa shape index (κ3) is 8.42. The van der Waals surface area contributed by atoms with E-state index in [1.54, 1.807) is 4.68 Å². The maximum Gasteiger partial charge on any atom is 0.356 e. The Morgan fingerprint density at radius 1 is 1.00 bits per heavy atom. The van der Waals surface area contributed by atoms with Crippen LogP contribution in [0.25, 0.3) is 0 Å². The minimum absolute atomic E-state index is 0.223. The van der Waals surface area contributed by atoms with Crippen LogP contribution in [-0.4, -0.2) is 41.3 Å². The van der Waals surface area contributed by atoms with Crippen molar-refractivity contribution in [2.75, 3.05) is 6.61 Å². The summed E-state index contributed by atoms with van der Waals surface area (Å²) in [4.78, 5) is 22.0. The van der Waals surface area contributed by atoms with Crippen LogP contribution in [0.5, 0.6) is 0 Å². The molecule has 0 unspecified atom stereocenters. The van der Waals surface area contributed by atoms with Crippen LogP contribution in [0.4, 0.5) is 0 Å². The maximum absolute atomic E-state index is 11.3. The van der Waals surface area contributed by atoms with Gasteiger partial charge in [0.1, 0.15) is 12.5 Å². The van der Waals surface area contributed by atoms with Gasteiger partial charge in [0.05, 0.1) is 0 Å². The molecule has 0 amide bonds. The summed E-state index contributed by atoms with van der Waals surface area (Å²) in [7, 11) is -1.09. The molecule has 0 atom stereocenters. The first-order valence-corrected chi connectivity index (χ1v) is 14.9. The van der Waals surface area contributed by atoms with Crippen LogP contribution in [-0.2, 0) is 29.1 Å². The Hall–Kier alpha value is -1.47. The molecular formula is C22H38N2O4Si. The highest BCUT2D eigenvalue weighted by atomic mass is 28.3. The first-order chi connectivity index (χ1) is 13.8. The van der Waals surface area contributed by atoms with E-state index in [4.69, 9.17) is 4.74 Å². The predicted molar refractivity (Wildman–Crippen MR) is 117 cm³/mol. The van der Waals surface area contributed by atoms with Crippen LogP contribution in [0.3, 0.4) is 0 Å². The van der Waals surface area contributed by atoms with Gasteiger partial charge in [0, 0.05) is 38.8 Å². The standard InChI is InChI=1S/C15H26N2O3Si.C7H12O/c1-21(2,3)10-9-20-11-17-13-8-6-4-5-7-12(13)14(16-17)15(18)19;8-7-5-3-1-2-4-6-7/h4-11H2,1-3H3,(H,18,19);1-6H2. The van der Waals surface area contributed by atoms with Gasteiger partial charge in [-0.3, -0.25) is 4.79 Å². The minimum Gasteiger partial charge on any atom is -0.476 e. The van der Waals surface area contributed by atoms with Crippen molar-refractivity contribution in [3.8, 4) is 0 Å². The SMILES string of the molecule is C[Si](C)(C)CCOCn1nc(C(=O)O)c2c1CCCCC2.O=C1CCCCCC1. The number of ketones is 1. The summed E-state index contributed by atoms with van der Waals surface area (Å²) in [5.74, 6) is -0.448. The van der Waals surface area contributed by atoms with Crippen molar-refractivity contribution in [2.45, 2.75) is 103 Å². The Bertz CT molecular complexity index is 669. The van der Waals surface area contributed by atoms with Gasteiger partial charge in [-0.25, -0.2) is 9.48 Å². The first kappa shape index (κ1) is 23.8. The van der Waals surface area contributed by atoms with Gasteiger partial charge in [0.2, 0.25) is 0 Å². The predicted octanol–water partition coefficient (Wildman–Crippen LogP) is 5.07. The monoisotopic (exact) mass is 422 g/mol. The number of carboxylic acids is 1. The molecule has 1 saturated carbocycles. The third-order valence-corrected chi connectivity index (χ3v) is 7.28. The van der Waals surface area contributed by atoms with Gasteiger partial charge >= 0.3 is 5.97 Å². The Morgan fingerprint density at radius 3 is 2.21 bits per heavy atom. The molecule has 1 fully saturated rings. The van der Waals surface area contributed by atoms with Crippen molar-refractivity contribution in [1.29, 1.82) is 0 Å². The molecular weight excluding hydrogens is 384 g/mol. The van der Waals surface area contributed by atoms with Gasteiger partial charge in [-0.05, 0) is 44.6 Å². The average Bonchev–Trinajstić information content (AvgIpc) is 2.84. The molecule has 7 heteroatoms. The lowest BCUT2D eigenvalue weighted by Crippen LogP contribution is -2.22. The van der Waals surface area contributed by atoms with E-state index in [2.05, 4.69) is 24.7 Å². The second-order valence-corrected chi connectivity index (χ2v) is 15.1. The average molecular weight is 423 g/mol. The Kier molecular flexibility index (Phi) is 9.56. The van der Waals surface area contributed by atoms with E-state index in [0.29, 0.717) is 12.5 Å². The van der Waals surface area contributed by atoms with Crippen LogP contribution in [0.2, 0.25) is 25.7 Å². The van der Waals surface area contributed by atoms with E-state index < -0.39 is 14.0 Å². The Morgan fingerprint density at radius 2 is 1.59 bits per heavy atom. The van der Waals surface area contributed by atoms with Crippen molar-refractivity contribution < 1.29 is 19.4 Å². The van der Waals surface area contributed by atoms with Crippen molar-refractivity contribution in [2.24, 2.45) is 0 Å². The van der Waals surface area contributed by atoms with E-state index in [-0.39, 0.29) is 5.69 Å². The number of Topliss-reactive ketones (excluding diaryl/α,β-unsaturated/α-hetero) is 1. The van der Waals surface area contributed by atoms with Gasteiger partial charge < -0.3 is 9.84 Å². The number of fused-ring (bicyclic) bond motifs is 1. The van der Waals surface area contributed by atoms with E-state index >= 15 is 0 Å². The van der Waals surface area contributed by atoms with Gasteiger partial charge in [-0.1, -0.05) is 38.9 Å².